The minimum atomic E-state index is -0.269. The normalized spacial score (nSPS) is 10.9. The van der Waals surface area contributed by atoms with Gasteiger partial charge in [-0.3, -0.25) is 9.78 Å². The molecular weight excluding hydrogens is 304 g/mol. The summed E-state index contributed by atoms with van der Waals surface area (Å²) in [5, 5.41) is 3.51. The maximum atomic E-state index is 12.6. The molecule has 0 bridgehead atoms. The zero-order chi connectivity index (χ0) is 16.5. The molecule has 6 heteroatoms. The van der Waals surface area contributed by atoms with E-state index in [1.54, 1.807) is 30.7 Å². The summed E-state index contributed by atoms with van der Waals surface area (Å²) in [6.07, 6.45) is 3.18. The Morgan fingerprint density at radius 2 is 2.08 bits per heavy atom. The van der Waals surface area contributed by atoms with Crippen molar-refractivity contribution in [1.82, 2.24) is 15.0 Å². The number of nitrogens with one attached hydrogen (secondary N) is 2. The van der Waals surface area contributed by atoms with Crippen LogP contribution in [0.2, 0.25) is 0 Å². The molecular formula is C18H14N4O2. The van der Waals surface area contributed by atoms with Crippen LogP contribution in [0.5, 0.6) is 0 Å². The summed E-state index contributed by atoms with van der Waals surface area (Å²) >= 11 is 0. The Balaban J connectivity index is 1.83. The average molecular weight is 318 g/mol. The van der Waals surface area contributed by atoms with Gasteiger partial charge in [0.25, 0.3) is 5.56 Å². The minimum absolute atomic E-state index is 0.269. The van der Waals surface area contributed by atoms with Crippen molar-refractivity contribution in [2.24, 2.45) is 0 Å². The van der Waals surface area contributed by atoms with Gasteiger partial charge in [-0.15, -0.1) is 0 Å². The van der Waals surface area contributed by atoms with Gasteiger partial charge < -0.3 is 9.73 Å². The Labute approximate surface area is 137 Å². The molecule has 1 aromatic carbocycles. The molecule has 0 radical (unpaired) electrons. The second kappa shape index (κ2) is 5.66. The minimum Gasteiger partial charge on any atom is -0.464 e. The third-order valence-electron chi connectivity index (χ3n) is 3.68. The van der Waals surface area contributed by atoms with E-state index in [9.17, 15) is 4.79 Å². The Kier molecular flexibility index (Phi) is 3.35. The fourth-order valence-electron chi connectivity index (χ4n) is 2.62. The Hall–Kier alpha value is -3.41. The van der Waals surface area contributed by atoms with Crippen molar-refractivity contribution in [3.05, 3.63) is 70.8 Å². The molecule has 24 heavy (non-hydrogen) atoms. The fourth-order valence-corrected chi connectivity index (χ4v) is 2.62. The number of nitrogens with zero attached hydrogens (tertiary/aromatic N) is 2. The summed E-state index contributed by atoms with van der Waals surface area (Å²) in [4.78, 5) is 23.9. The van der Waals surface area contributed by atoms with Crippen molar-refractivity contribution in [3.8, 4) is 11.3 Å². The zero-order valence-electron chi connectivity index (χ0n) is 12.9. The van der Waals surface area contributed by atoms with Crippen LogP contribution in [0.15, 0.2) is 64.1 Å². The maximum Gasteiger partial charge on any atom is 0.262 e. The first kappa shape index (κ1) is 14.2. The van der Waals surface area contributed by atoms with Crippen LogP contribution in [0.25, 0.3) is 22.4 Å². The first-order valence-electron chi connectivity index (χ1n) is 7.47. The first-order valence-corrected chi connectivity index (χ1v) is 7.47. The summed E-state index contributed by atoms with van der Waals surface area (Å²) in [5.74, 6) is 0.955. The van der Waals surface area contributed by atoms with E-state index >= 15 is 0 Å². The summed E-state index contributed by atoms with van der Waals surface area (Å²) in [5.41, 5.74) is 2.72. The standard InChI is InChI=1S/C18H14N4O2/c1-11-4-2-5-12(10-11)20-18-21-16-15(17(23)22-18)13(7-8-19-16)14-6-3-9-24-14/h2-10H,1H3,(H2,19,20,21,22,23). The Bertz CT molecular complexity index is 1070. The molecule has 0 spiro atoms. The lowest BCUT2D eigenvalue weighted by atomic mass is 10.1. The highest BCUT2D eigenvalue weighted by Crippen LogP contribution is 2.25. The van der Waals surface area contributed by atoms with Crippen LogP contribution in [-0.4, -0.2) is 15.0 Å². The number of pyridine rings is 1. The van der Waals surface area contributed by atoms with Crippen molar-refractivity contribution in [3.63, 3.8) is 0 Å². The summed E-state index contributed by atoms with van der Waals surface area (Å²) in [6.45, 7) is 2.00. The molecule has 0 fully saturated rings. The second-order valence-corrected chi connectivity index (χ2v) is 5.44. The number of hydrogen-bond acceptors (Lipinski definition) is 5. The number of rotatable bonds is 3. The summed E-state index contributed by atoms with van der Waals surface area (Å²) in [6, 6.07) is 13.1. The van der Waals surface area contributed by atoms with E-state index in [-0.39, 0.29) is 5.56 Å². The van der Waals surface area contributed by atoms with Gasteiger partial charge in [0.05, 0.1) is 11.6 Å². The topological polar surface area (TPSA) is 83.8 Å². The van der Waals surface area contributed by atoms with Gasteiger partial charge in [0, 0.05) is 17.4 Å². The number of hydrogen-bond donors (Lipinski definition) is 2. The first-order chi connectivity index (χ1) is 11.7. The van der Waals surface area contributed by atoms with Gasteiger partial charge in [0.1, 0.15) is 5.76 Å². The number of aryl methyl sites for hydroxylation is 1. The van der Waals surface area contributed by atoms with Crippen molar-refractivity contribution in [2.45, 2.75) is 6.92 Å². The lowest BCUT2D eigenvalue weighted by Gasteiger charge is -2.08. The maximum absolute atomic E-state index is 12.6. The van der Waals surface area contributed by atoms with Gasteiger partial charge in [-0.05, 0) is 42.8 Å². The molecule has 0 atom stereocenters. The van der Waals surface area contributed by atoms with Crippen molar-refractivity contribution in [2.75, 3.05) is 5.32 Å². The van der Waals surface area contributed by atoms with Crippen LogP contribution in [0, 0.1) is 6.92 Å². The quantitative estimate of drug-likeness (QED) is 0.602. The van der Waals surface area contributed by atoms with Crippen LogP contribution in [0.3, 0.4) is 0 Å². The van der Waals surface area contributed by atoms with Gasteiger partial charge in [0.15, 0.2) is 5.65 Å². The molecule has 6 nitrogen and oxygen atoms in total. The van der Waals surface area contributed by atoms with Crippen LogP contribution in [0.4, 0.5) is 11.6 Å². The number of H-pyrrole nitrogens is 1. The van der Waals surface area contributed by atoms with Crippen LogP contribution >= 0.6 is 0 Å². The Morgan fingerprint density at radius 3 is 2.88 bits per heavy atom. The van der Waals surface area contributed by atoms with Crippen LogP contribution in [-0.2, 0) is 0 Å². The smallest absolute Gasteiger partial charge is 0.262 e. The number of aromatic nitrogens is 3. The number of aromatic amines is 1. The molecule has 2 N–H and O–H groups in total. The second-order valence-electron chi connectivity index (χ2n) is 5.44. The highest BCUT2D eigenvalue weighted by Gasteiger charge is 2.13. The molecule has 3 heterocycles. The Morgan fingerprint density at radius 1 is 1.17 bits per heavy atom. The molecule has 4 aromatic rings. The molecule has 118 valence electrons. The molecule has 4 rings (SSSR count). The van der Waals surface area contributed by atoms with Crippen molar-refractivity contribution >= 4 is 22.7 Å². The highest BCUT2D eigenvalue weighted by atomic mass is 16.3. The lowest BCUT2D eigenvalue weighted by molar-refractivity contribution is 0.583. The van der Waals surface area contributed by atoms with E-state index in [2.05, 4.69) is 20.3 Å². The largest absolute Gasteiger partial charge is 0.464 e. The number of furan rings is 1. The van der Waals surface area contributed by atoms with E-state index in [0.29, 0.717) is 28.3 Å². The van der Waals surface area contributed by atoms with E-state index in [1.165, 1.54) is 0 Å². The van der Waals surface area contributed by atoms with Gasteiger partial charge in [-0.2, -0.15) is 4.98 Å². The van der Waals surface area contributed by atoms with Gasteiger partial charge in [0.2, 0.25) is 5.95 Å². The molecule has 3 aromatic heterocycles. The van der Waals surface area contributed by atoms with Crippen LogP contribution in [0.1, 0.15) is 5.56 Å². The summed E-state index contributed by atoms with van der Waals surface area (Å²) < 4.78 is 5.40. The number of fused-ring (bicyclic) bond motifs is 1. The van der Waals surface area contributed by atoms with E-state index < -0.39 is 0 Å². The molecule has 0 aliphatic rings. The van der Waals surface area contributed by atoms with Crippen molar-refractivity contribution < 1.29 is 4.42 Å². The van der Waals surface area contributed by atoms with Crippen LogP contribution < -0.4 is 10.9 Å². The average Bonchev–Trinajstić information content (AvgIpc) is 3.08. The lowest BCUT2D eigenvalue weighted by Crippen LogP contribution is -2.13. The van der Waals surface area contributed by atoms with E-state index in [1.807, 2.05) is 31.2 Å². The predicted molar refractivity (Wildman–Crippen MR) is 92.3 cm³/mol. The molecule has 0 saturated carbocycles. The molecule has 0 aliphatic heterocycles. The number of anilines is 2. The SMILES string of the molecule is Cc1cccc(Nc2nc3nccc(-c4ccco4)c3c(=O)[nH]2)c1. The third kappa shape index (κ3) is 2.54. The predicted octanol–water partition coefficient (Wildman–Crippen LogP) is 3.63. The highest BCUT2D eigenvalue weighted by molar-refractivity contribution is 5.90. The molecule has 0 unspecified atom stereocenters. The number of benzene rings is 1. The zero-order valence-corrected chi connectivity index (χ0v) is 12.9. The molecule has 0 saturated heterocycles. The summed E-state index contributed by atoms with van der Waals surface area (Å²) in [7, 11) is 0. The fraction of sp³-hybridized carbons (Fsp3) is 0.0556. The van der Waals surface area contributed by atoms with Gasteiger partial charge >= 0.3 is 0 Å². The van der Waals surface area contributed by atoms with E-state index in [4.69, 9.17) is 4.42 Å². The molecule has 0 amide bonds. The molecule has 0 aliphatic carbocycles. The van der Waals surface area contributed by atoms with Crippen molar-refractivity contribution in [1.29, 1.82) is 0 Å². The van der Waals surface area contributed by atoms with Gasteiger partial charge in [-0.25, -0.2) is 4.98 Å². The van der Waals surface area contributed by atoms with E-state index in [0.717, 1.165) is 11.3 Å². The third-order valence-corrected chi connectivity index (χ3v) is 3.68. The monoisotopic (exact) mass is 318 g/mol. The van der Waals surface area contributed by atoms with Gasteiger partial charge in [-0.1, -0.05) is 12.1 Å².